The number of unbranched alkanes of at least 4 members (excludes halogenated alkanes) is 1. The van der Waals surface area contributed by atoms with Crippen LogP contribution in [0.3, 0.4) is 0 Å². The largest absolute Gasteiger partial charge is 0.396 e. The summed E-state index contributed by atoms with van der Waals surface area (Å²) in [6.45, 7) is 6.64. The van der Waals surface area contributed by atoms with E-state index in [0.29, 0.717) is 12.7 Å². The molecule has 2 nitrogen and oxygen atoms in total. The zero-order valence-corrected chi connectivity index (χ0v) is 7.96. The lowest BCUT2D eigenvalue weighted by Crippen LogP contribution is -2.11. The van der Waals surface area contributed by atoms with E-state index in [1.54, 1.807) is 6.08 Å². The zero-order valence-electron chi connectivity index (χ0n) is 7.96. The minimum absolute atomic E-state index is 0.290. The fourth-order valence-corrected chi connectivity index (χ4v) is 1.09. The third kappa shape index (κ3) is 6.38. The number of aliphatic hydroxyl groups excluding tert-OH is 1. The molecule has 72 valence electrons. The van der Waals surface area contributed by atoms with Gasteiger partial charge in [-0.15, -0.1) is 6.58 Å². The molecule has 1 unspecified atom stereocenters. The molecule has 0 amide bonds. The summed E-state index contributed by atoms with van der Waals surface area (Å²) in [5.74, 6) is 0. The molecule has 0 aliphatic heterocycles. The smallest absolute Gasteiger partial charge is 0.0648 e. The van der Waals surface area contributed by atoms with Crippen LogP contribution >= 0.6 is 0 Å². The monoisotopic (exact) mass is 172 g/mol. The van der Waals surface area contributed by atoms with Gasteiger partial charge in [-0.25, -0.2) is 0 Å². The van der Waals surface area contributed by atoms with Crippen LogP contribution < -0.4 is 0 Å². The summed E-state index contributed by atoms with van der Waals surface area (Å²) in [7, 11) is 0. The van der Waals surface area contributed by atoms with Crippen molar-refractivity contribution in [3.8, 4) is 0 Å². The van der Waals surface area contributed by atoms with Crippen LogP contribution in [0.2, 0.25) is 0 Å². The highest BCUT2D eigenvalue weighted by Crippen LogP contribution is 2.08. The summed E-state index contributed by atoms with van der Waals surface area (Å²) in [6, 6.07) is 0. The normalized spacial score (nSPS) is 12.8. The Labute approximate surface area is 75.2 Å². The maximum atomic E-state index is 8.57. The highest BCUT2D eigenvalue weighted by molar-refractivity contribution is 4.66. The molecule has 0 aromatic carbocycles. The topological polar surface area (TPSA) is 29.5 Å². The average Bonchev–Trinajstić information content (AvgIpc) is 2.11. The van der Waals surface area contributed by atoms with Crippen LogP contribution in [0.1, 0.15) is 32.6 Å². The Morgan fingerprint density at radius 1 is 1.50 bits per heavy atom. The molecular formula is C10H20O2. The molecule has 0 spiro atoms. The van der Waals surface area contributed by atoms with Crippen LogP contribution in [-0.4, -0.2) is 24.4 Å². The van der Waals surface area contributed by atoms with Gasteiger partial charge in [-0.2, -0.15) is 0 Å². The van der Waals surface area contributed by atoms with Crippen LogP contribution in [0.15, 0.2) is 12.7 Å². The molecule has 0 radical (unpaired) electrons. The van der Waals surface area contributed by atoms with Gasteiger partial charge in [0.15, 0.2) is 0 Å². The van der Waals surface area contributed by atoms with Gasteiger partial charge in [-0.1, -0.05) is 13.0 Å². The first kappa shape index (κ1) is 11.7. The van der Waals surface area contributed by atoms with Crippen molar-refractivity contribution < 1.29 is 9.84 Å². The average molecular weight is 172 g/mol. The number of ether oxygens (including phenoxy) is 1. The van der Waals surface area contributed by atoms with Gasteiger partial charge in [0.05, 0.1) is 12.7 Å². The van der Waals surface area contributed by atoms with E-state index in [2.05, 4.69) is 13.5 Å². The number of hydrogen-bond donors (Lipinski definition) is 1. The molecule has 0 aliphatic carbocycles. The molecule has 0 saturated carbocycles. The van der Waals surface area contributed by atoms with Gasteiger partial charge in [-0.05, 0) is 25.7 Å². The zero-order chi connectivity index (χ0) is 9.23. The summed E-state index contributed by atoms with van der Waals surface area (Å²) in [4.78, 5) is 0. The van der Waals surface area contributed by atoms with E-state index in [9.17, 15) is 0 Å². The first-order valence-corrected chi connectivity index (χ1v) is 4.68. The van der Waals surface area contributed by atoms with Crippen LogP contribution in [0, 0.1) is 0 Å². The van der Waals surface area contributed by atoms with Crippen LogP contribution in [0.25, 0.3) is 0 Å². The quantitative estimate of drug-likeness (QED) is 0.449. The molecule has 0 heterocycles. The predicted molar refractivity (Wildman–Crippen MR) is 51.2 cm³/mol. The van der Waals surface area contributed by atoms with Crippen molar-refractivity contribution in [2.24, 2.45) is 0 Å². The van der Waals surface area contributed by atoms with Crippen molar-refractivity contribution in [1.29, 1.82) is 0 Å². The van der Waals surface area contributed by atoms with Crippen molar-refractivity contribution in [1.82, 2.24) is 0 Å². The SMILES string of the molecule is C=CCOC(CC)CCCCO. The van der Waals surface area contributed by atoms with E-state index in [0.717, 1.165) is 25.7 Å². The van der Waals surface area contributed by atoms with Crippen molar-refractivity contribution in [3.63, 3.8) is 0 Å². The van der Waals surface area contributed by atoms with Gasteiger partial charge in [0.2, 0.25) is 0 Å². The molecule has 0 aliphatic rings. The molecule has 0 fully saturated rings. The van der Waals surface area contributed by atoms with Gasteiger partial charge in [0, 0.05) is 6.61 Å². The van der Waals surface area contributed by atoms with Crippen LogP contribution in [0.5, 0.6) is 0 Å². The van der Waals surface area contributed by atoms with Crippen molar-refractivity contribution in [3.05, 3.63) is 12.7 Å². The Balaban J connectivity index is 3.32. The Kier molecular flexibility index (Phi) is 8.51. The third-order valence-electron chi connectivity index (χ3n) is 1.84. The highest BCUT2D eigenvalue weighted by atomic mass is 16.5. The molecule has 0 bridgehead atoms. The second-order valence-electron chi connectivity index (χ2n) is 2.87. The van der Waals surface area contributed by atoms with E-state index in [1.165, 1.54) is 0 Å². The molecule has 2 heteroatoms. The molecular weight excluding hydrogens is 152 g/mol. The van der Waals surface area contributed by atoms with Crippen molar-refractivity contribution in [2.75, 3.05) is 13.2 Å². The first-order valence-electron chi connectivity index (χ1n) is 4.68. The summed E-state index contributed by atoms with van der Waals surface area (Å²) in [5, 5.41) is 8.57. The minimum atomic E-state index is 0.290. The van der Waals surface area contributed by atoms with Gasteiger partial charge in [0.25, 0.3) is 0 Å². The van der Waals surface area contributed by atoms with Crippen molar-refractivity contribution in [2.45, 2.75) is 38.7 Å². The molecule has 0 aromatic rings. The van der Waals surface area contributed by atoms with E-state index in [-0.39, 0.29) is 6.61 Å². The van der Waals surface area contributed by atoms with Gasteiger partial charge in [0.1, 0.15) is 0 Å². The fraction of sp³-hybridized carbons (Fsp3) is 0.800. The maximum Gasteiger partial charge on any atom is 0.0648 e. The Bertz CT molecular complexity index is 102. The Morgan fingerprint density at radius 2 is 2.25 bits per heavy atom. The molecule has 12 heavy (non-hydrogen) atoms. The lowest BCUT2D eigenvalue weighted by molar-refractivity contribution is 0.0622. The Morgan fingerprint density at radius 3 is 2.75 bits per heavy atom. The third-order valence-corrected chi connectivity index (χ3v) is 1.84. The summed E-state index contributed by atoms with van der Waals surface area (Å²) < 4.78 is 5.49. The summed E-state index contributed by atoms with van der Waals surface area (Å²) >= 11 is 0. The maximum absolute atomic E-state index is 8.57. The second kappa shape index (κ2) is 8.75. The van der Waals surface area contributed by atoms with Crippen molar-refractivity contribution >= 4 is 0 Å². The Hall–Kier alpha value is -0.340. The van der Waals surface area contributed by atoms with E-state index < -0.39 is 0 Å². The van der Waals surface area contributed by atoms with Gasteiger partial charge in [-0.3, -0.25) is 0 Å². The number of rotatable bonds is 8. The van der Waals surface area contributed by atoms with Crippen LogP contribution in [0.4, 0.5) is 0 Å². The van der Waals surface area contributed by atoms with E-state index >= 15 is 0 Å². The summed E-state index contributed by atoms with van der Waals surface area (Å²) in [6.07, 6.45) is 6.13. The molecule has 0 aromatic heterocycles. The first-order chi connectivity index (χ1) is 5.85. The second-order valence-corrected chi connectivity index (χ2v) is 2.87. The van der Waals surface area contributed by atoms with Crippen LogP contribution in [-0.2, 0) is 4.74 Å². The lowest BCUT2D eigenvalue weighted by Gasteiger charge is -2.13. The number of aliphatic hydroxyl groups is 1. The fourth-order valence-electron chi connectivity index (χ4n) is 1.09. The number of hydrogen-bond acceptors (Lipinski definition) is 2. The minimum Gasteiger partial charge on any atom is -0.396 e. The standard InChI is InChI=1S/C10H20O2/c1-3-9-12-10(4-2)7-5-6-8-11/h3,10-11H,1,4-9H2,2H3. The summed E-state index contributed by atoms with van der Waals surface area (Å²) in [5.41, 5.74) is 0. The molecule has 1 atom stereocenters. The van der Waals surface area contributed by atoms with E-state index in [1.807, 2.05) is 0 Å². The molecule has 0 rings (SSSR count). The molecule has 1 N–H and O–H groups in total. The lowest BCUT2D eigenvalue weighted by atomic mass is 10.1. The predicted octanol–water partition coefficient (Wildman–Crippen LogP) is 2.13. The van der Waals surface area contributed by atoms with E-state index in [4.69, 9.17) is 9.84 Å². The van der Waals surface area contributed by atoms with Gasteiger partial charge >= 0.3 is 0 Å². The molecule has 0 saturated heterocycles. The highest BCUT2D eigenvalue weighted by Gasteiger charge is 2.04. The van der Waals surface area contributed by atoms with Gasteiger partial charge < -0.3 is 9.84 Å².